The number of hydrogen-bond acceptors (Lipinski definition) is 1. The van der Waals surface area contributed by atoms with Crippen LogP contribution in [0.4, 0.5) is 0 Å². The topological polar surface area (TPSA) is 12.0 Å². The van der Waals surface area contributed by atoms with E-state index in [0.29, 0.717) is 6.04 Å². The van der Waals surface area contributed by atoms with E-state index in [1.165, 1.54) is 61.6 Å². The molecule has 1 aromatic carbocycles. The molecule has 1 rings (SSSR count). The van der Waals surface area contributed by atoms with Crippen LogP contribution in [0, 0.1) is 13.8 Å². The van der Waals surface area contributed by atoms with E-state index in [1.807, 2.05) is 0 Å². The van der Waals surface area contributed by atoms with Crippen LogP contribution in [0.25, 0.3) is 0 Å². The Hall–Kier alpha value is -0.820. The maximum Gasteiger partial charge on any atom is 0.0320 e. The lowest BCUT2D eigenvalue weighted by atomic mass is 9.96. The zero-order chi connectivity index (χ0) is 14.8. The van der Waals surface area contributed by atoms with E-state index < -0.39 is 0 Å². The van der Waals surface area contributed by atoms with Crippen molar-refractivity contribution in [3.05, 3.63) is 34.9 Å². The van der Waals surface area contributed by atoms with Crippen LogP contribution in [0.2, 0.25) is 0 Å². The monoisotopic (exact) mass is 275 g/mol. The molecule has 114 valence electrons. The van der Waals surface area contributed by atoms with E-state index in [0.717, 1.165) is 6.54 Å². The molecule has 0 radical (unpaired) electrons. The molecule has 1 N–H and O–H groups in total. The molecule has 20 heavy (non-hydrogen) atoms. The summed E-state index contributed by atoms with van der Waals surface area (Å²) >= 11 is 0. The van der Waals surface area contributed by atoms with Crippen molar-refractivity contribution in [3.63, 3.8) is 0 Å². The van der Waals surface area contributed by atoms with Gasteiger partial charge in [0.15, 0.2) is 0 Å². The first kappa shape index (κ1) is 17.2. The van der Waals surface area contributed by atoms with Crippen molar-refractivity contribution in [3.8, 4) is 0 Å². The highest BCUT2D eigenvalue weighted by Gasteiger charge is 2.10. The van der Waals surface area contributed by atoms with Crippen molar-refractivity contribution in [1.29, 1.82) is 0 Å². The highest BCUT2D eigenvalue weighted by Crippen LogP contribution is 2.22. The van der Waals surface area contributed by atoms with Crippen LogP contribution in [-0.2, 0) is 0 Å². The number of aryl methyl sites for hydroxylation is 2. The molecule has 0 heterocycles. The van der Waals surface area contributed by atoms with Gasteiger partial charge in [-0.2, -0.15) is 0 Å². The highest BCUT2D eigenvalue weighted by atomic mass is 14.9. The number of nitrogens with one attached hydrogen (secondary N) is 1. The van der Waals surface area contributed by atoms with Crippen molar-refractivity contribution in [2.75, 3.05) is 6.54 Å². The molecule has 0 fully saturated rings. The van der Waals surface area contributed by atoms with Gasteiger partial charge in [0.1, 0.15) is 0 Å². The van der Waals surface area contributed by atoms with Gasteiger partial charge in [0.2, 0.25) is 0 Å². The van der Waals surface area contributed by atoms with Gasteiger partial charge in [-0.05, 0) is 32.4 Å². The van der Waals surface area contributed by atoms with E-state index in [-0.39, 0.29) is 0 Å². The summed E-state index contributed by atoms with van der Waals surface area (Å²) in [5, 5.41) is 3.66. The lowest BCUT2D eigenvalue weighted by molar-refractivity contribution is 0.476. The first-order chi connectivity index (χ1) is 9.67. The minimum Gasteiger partial charge on any atom is -0.310 e. The summed E-state index contributed by atoms with van der Waals surface area (Å²) in [6.45, 7) is 9.93. The second kappa shape index (κ2) is 9.99. The maximum absolute atomic E-state index is 3.66. The van der Waals surface area contributed by atoms with Crippen molar-refractivity contribution >= 4 is 0 Å². The Morgan fingerprint density at radius 3 is 2.05 bits per heavy atom. The fourth-order valence-corrected chi connectivity index (χ4v) is 2.97. The molecule has 0 aliphatic carbocycles. The summed E-state index contributed by atoms with van der Waals surface area (Å²) in [5.74, 6) is 0. The van der Waals surface area contributed by atoms with Crippen LogP contribution < -0.4 is 5.32 Å². The summed E-state index contributed by atoms with van der Waals surface area (Å²) in [7, 11) is 0. The maximum atomic E-state index is 3.66. The Balaban J connectivity index is 2.47. The minimum atomic E-state index is 0.532. The summed E-state index contributed by atoms with van der Waals surface area (Å²) in [4.78, 5) is 0. The van der Waals surface area contributed by atoms with Crippen LogP contribution in [0.5, 0.6) is 0 Å². The Bertz CT molecular complexity index is 350. The molecular formula is C19H33N. The Morgan fingerprint density at radius 2 is 1.45 bits per heavy atom. The lowest BCUT2D eigenvalue weighted by Gasteiger charge is -2.19. The van der Waals surface area contributed by atoms with E-state index in [9.17, 15) is 0 Å². The molecule has 0 spiro atoms. The fraction of sp³-hybridized carbons (Fsp3) is 0.684. The fourth-order valence-electron chi connectivity index (χ4n) is 2.97. The standard InChI is InChI=1S/C19H33N/c1-5-7-8-9-10-11-12-19(20-6-2)18-14-16(3)13-17(4)15-18/h13-15,19-20H,5-12H2,1-4H3. The molecule has 0 aliphatic heterocycles. The second-order valence-electron chi connectivity index (χ2n) is 6.09. The summed E-state index contributed by atoms with van der Waals surface area (Å²) in [5.41, 5.74) is 4.23. The van der Waals surface area contributed by atoms with Crippen molar-refractivity contribution < 1.29 is 0 Å². The molecule has 0 aromatic heterocycles. The van der Waals surface area contributed by atoms with Crippen LogP contribution >= 0.6 is 0 Å². The van der Waals surface area contributed by atoms with E-state index in [2.05, 4.69) is 51.2 Å². The first-order valence-corrected chi connectivity index (χ1v) is 8.49. The van der Waals surface area contributed by atoms with Crippen LogP contribution in [0.1, 0.15) is 81.5 Å². The van der Waals surface area contributed by atoms with Gasteiger partial charge in [-0.25, -0.2) is 0 Å². The first-order valence-electron chi connectivity index (χ1n) is 8.49. The van der Waals surface area contributed by atoms with Crippen LogP contribution in [0.15, 0.2) is 18.2 Å². The Labute approximate surface area is 126 Å². The average Bonchev–Trinajstić information content (AvgIpc) is 2.40. The third-order valence-corrected chi connectivity index (χ3v) is 3.94. The normalized spacial score (nSPS) is 12.6. The van der Waals surface area contributed by atoms with Crippen LogP contribution in [0.3, 0.4) is 0 Å². The second-order valence-corrected chi connectivity index (χ2v) is 6.09. The van der Waals surface area contributed by atoms with Gasteiger partial charge in [-0.15, -0.1) is 0 Å². The SMILES string of the molecule is CCCCCCCCC(NCC)c1cc(C)cc(C)c1. The zero-order valence-corrected chi connectivity index (χ0v) is 14.0. The molecular weight excluding hydrogens is 242 g/mol. The van der Waals surface area contributed by atoms with Crippen molar-refractivity contribution in [2.45, 2.75) is 78.7 Å². The third-order valence-electron chi connectivity index (χ3n) is 3.94. The minimum absolute atomic E-state index is 0.532. The molecule has 1 nitrogen and oxygen atoms in total. The Morgan fingerprint density at radius 1 is 0.850 bits per heavy atom. The number of hydrogen-bond donors (Lipinski definition) is 1. The lowest BCUT2D eigenvalue weighted by Crippen LogP contribution is -2.21. The van der Waals surface area contributed by atoms with Gasteiger partial charge in [0, 0.05) is 6.04 Å². The summed E-state index contributed by atoms with van der Waals surface area (Å²) in [6.07, 6.45) is 9.53. The molecule has 1 heteroatoms. The van der Waals surface area contributed by atoms with Crippen molar-refractivity contribution in [2.24, 2.45) is 0 Å². The summed E-state index contributed by atoms with van der Waals surface area (Å²) < 4.78 is 0. The molecule has 0 saturated carbocycles. The van der Waals surface area contributed by atoms with Crippen LogP contribution in [-0.4, -0.2) is 6.54 Å². The largest absolute Gasteiger partial charge is 0.310 e. The molecule has 0 amide bonds. The predicted molar refractivity (Wildman–Crippen MR) is 90.3 cm³/mol. The smallest absolute Gasteiger partial charge is 0.0320 e. The predicted octanol–water partition coefficient (Wildman–Crippen LogP) is 5.70. The average molecular weight is 275 g/mol. The van der Waals surface area contributed by atoms with Gasteiger partial charge >= 0.3 is 0 Å². The highest BCUT2D eigenvalue weighted by molar-refractivity contribution is 5.30. The summed E-state index contributed by atoms with van der Waals surface area (Å²) in [6, 6.07) is 7.48. The molecule has 1 atom stereocenters. The quantitative estimate of drug-likeness (QED) is 0.540. The van der Waals surface area contributed by atoms with E-state index in [1.54, 1.807) is 0 Å². The van der Waals surface area contributed by atoms with Gasteiger partial charge in [0.25, 0.3) is 0 Å². The van der Waals surface area contributed by atoms with Gasteiger partial charge < -0.3 is 5.32 Å². The number of unbranched alkanes of at least 4 members (excludes halogenated alkanes) is 5. The Kier molecular flexibility index (Phi) is 8.60. The molecule has 1 aromatic rings. The van der Waals surface area contributed by atoms with Crippen molar-refractivity contribution in [1.82, 2.24) is 5.32 Å². The number of benzene rings is 1. The van der Waals surface area contributed by atoms with Gasteiger partial charge in [0.05, 0.1) is 0 Å². The van der Waals surface area contributed by atoms with Gasteiger partial charge in [-0.1, -0.05) is 81.7 Å². The third kappa shape index (κ3) is 6.56. The van der Waals surface area contributed by atoms with E-state index in [4.69, 9.17) is 0 Å². The number of rotatable bonds is 10. The van der Waals surface area contributed by atoms with E-state index >= 15 is 0 Å². The zero-order valence-electron chi connectivity index (χ0n) is 14.0. The molecule has 0 saturated heterocycles. The van der Waals surface area contributed by atoms with Gasteiger partial charge in [-0.3, -0.25) is 0 Å². The molecule has 0 bridgehead atoms. The molecule has 0 aliphatic rings. The molecule has 1 unspecified atom stereocenters.